The van der Waals surface area contributed by atoms with Crippen LogP contribution in [0.5, 0.6) is 0 Å². The monoisotopic (exact) mass is 669 g/mol. The van der Waals surface area contributed by atoms with Crippen molar-refractivity contribution in [3.05, 3.63) is 48.0 Å². The molecule has 4 atom stereocenters. The second-order valence-electron chi connectivity index (χ2n) is 11.0. The molecule has 1 fully saturated rings. The maximum atomic E-state index is 13.6. The first-order valence-electron chi connectivity index (χ1n) is 15.4. The molecule has 3 heterocycles. The number of benzene rings is 1. The molecule has 0 saturated carbocycles. The van der Waals surface area contributed by atoms with Crippen LogP contribution in [0.2, 0.25) is 0 Å². The molecular weight excluding hydrogens is 630 g/mol. The maximum absolute atomic E-state index is 13.6. The van der Waals surface area contributed by atoms with Gasteiger partial charge in [0.1, 0.15) is 11.6 Å². The number of carbonyl (C=O) groups excluding carboxylic acids is 5. The van der Waals surface area contributed by atoms with Gasteiger partial charge in [0.05, 0.1) is 26.1 Å². The number of nitrogen functional groups attached to an aromatic ring is 1. The Morgan fingerprint density at radius 2 is 1.60 bits per heavy atom. The molecule has 1 aromatic carbocycles. The number of Topliss-reactive ketones (excluding diaryl/α,β-unsaturated/α-hetero) is 1. The summed E-state index contributed by atoms with van der Waals surface area (Å²) in [5.41, 5.74) is 2.80. The Morgan fingerprint density at radius 3 is 2.15 bits per heavy atom. The highest BCUT2D eigenvalue weighted by molar-refractivity contribution is 6.04. The van der Waals surface area contributed by atoms with E-state index in [1.807, 2.05) is 0 Å². The first-order chi connectivity index (χ1) is 22.8. The van der Waals surface area contributed by atoms with Crippen molar-refractivity contribution in [1.82, 2.24) is 19.5 Å². The van der Waals surface area contributed by atoms with Crippen LogP contribution in [-0.4, -0.2) is 92.4 Å². The molecule has 0 spiro atoms. The van der Waals surface area contributed by atoms with E-state index in [1.165, 1.54) is 31.7 Å². The lowest BCUT2D eigenvalue weighted by Crippen LogP contribution is -2.57. The van der Waals surface area contributed by atoms with Gasteiger partial charge in [-0.2, -0.15) is 0 Å². The van der Waals surface area contributed by atoms with E-state index in [-0.39, 0.29) is 48.9 Å². The fourth-order valence-corrected chi connectivity index (χ4v) is 5.68. The van der Waals surface area contributed by atoms with Crippen LogP contribution in [0.3, 0.4) is 0 Å². The van der Waals surface area contributed by atoms with E-state index in [0.717, 1.165) is 0 Å². The van der Waals surface area contributed by atoms with Gasteiger partial charge in [-0.05, 0) is 25.8 Å². The molecule has 0 amide bonds. The van der Waals surface area contributed by atoms with Crippen LogP contribution in [0.25, 0.3) is 11.2 Å². The summed E-state index contributed by atoms with van der Waals surface area (Å²) in [7, 11) is 0. The van der Waals surface area contributed by atoms with Crippen molar-refractivity contribution in [1.29, 1.82) is 0 Å². The summed E-state index contributed by atoms with van der Waals surface area (Å²) < 4.78 is 36.4. The van der Waals surface area contributed by atoms with Crippen molar-refractivity contribution < 1.29 is 52.4 Å². The van der Waals surface area contributed by atoms with Gasteiger partial charge in [-0.25, -0.2) is 24.5 Å². The summed E-state index contributed by atoms with van der Waals surface area (Å²) in [5.74, 6) is -4.23. The van der Waals surface area contributed by atoms with Crippen LogP contribution >= 0.6 is 0 Å². The van der Waals surface area contributed by atoms with E-state index in [9.17, 15) is 24.0 Å². The predicted molar refractivity (Wildman–Crippen MR) is 166 cm³/mol. The van der Waals surface area contributed by atoms with Crippen molar-refractivity contribution in [2.45, 2.75) is 84.0 Å². The Balaban J connectivity index is 1.86. The van der Waals surface area contributed by atoms with Crippen molar-refractivity contribution in [2.24, 2.45) is 0 Å². The third-order valence-corrected chi connectivity index (χ3v) is 7.79. The first kappa shape index (κ1) is 35.9. The number of rotatable bonds is 14. The van der Waals surface area contributed by atoms with Crippen LogP contribution in [0, 0.1) is 0 Å². The minimum Gasteiger partial charge on any atom is -0.463 e. The number of nitrogens with zero attached hydrogens (tertiary/aromatic N) is 4. The molecule has 1 aliphatic heterocycles. The Kier molecular flexibility index (Phi) is 11.1. The molecule has 2 aromatic heterocycles. The quantitative estimate of drug-likeness (QED) is 0.113. The Labute approximate surface area is 276 Å². The number of anilines is 1. The molecule has 4 rings (SSSR count). The minimum absolute atomic E-state index is 0.0159. The topological polar surface area (TPSA) is 210 Å². The van der Waals surface area contributed by atoms with Gasteiger partial charge in [0.2, 0.25) is 0 Å². The Bertz CT molecular complexity index is 1660. The number of ketones is 1. The van der Waals surface area contributed by atoms with E-state index in [0.29, 0.717) is 5.56 Å². The molecule has 258 valence electrons. The number of imidazole rings is 1. The lowest BCUT2D eigenvalue weighted by Gasteiger charge is -2.37. The molecule has 1 saturated heterocycles. The molecular formula is C32H39N5O11. The predicted octanol–water partition coefficient (Wildman–Crippen LogP) is 2.28. The third-order valence-electron chi connectivity index (χ3n) is 7.79. The summed E-state index contributed by atoms with van der Waals surface area (Å²) in [6, 6.07) is 8.65. The molecule has 16 heteroatoms. The van der Waals surface area contributed by atoms with E-state index in [4.69, 9.17) is 34.2 Å². The zero-order valence-electron chi connectivity index (χ0n) is 27.6. The van der Waals surface area contributed by atoms with E-state index in [1.54, 1.807) is 51.1 Å². The molecule has 3 aromatic rings. The van der Waals surface area contributed by atoms with E-state index in [2.05, 4.69) is 15.0 Å². The largest absolute Gasteiger partial charge is 0.463 e. The molecule has 0 bridgehead atoms. The molecule has 0 unspecified atom stereocenters. The Hall–Kier alpha value is -4.96. The minimum atomic E-state index is -2.30. The van der Waals surface area contributed by atoms with Crippen LogP contribution in [0.15, 0.2) is 36.7 Å². The molecule has 0 aliphatic carbocycles. The van der Waals surface area contributed by atoms with E-state index >= 15 is 0 Å². The summed E-state index contributed by atoms with van der Waals surface area (Å²) in [5, 5.41) is 0. The molecule has 0 radical (unpaired) electrons. The van der Waals surface area contributed by atoms with Crippen LogP contribution in [0.4, 0.5) is 5.82 Å². The third kappa shape index (κ3) is 6.99. The van der Waals surface area contributed by atoms with Gasteiger partial charge in [-0.3, -0.25) is 19.0 Å². The lowest BCUT2D eigenvalue weighted by molar-refractivity contribution is -0.205. The summed E-state index contributed by atoms with van der Waals surface area (Å²) in [4.78, 5) is 77.2. The number of aromatic nitrogens is 4. The number of hydrogen-bond donors (Lipinski definition) is 1. The van der Waals surface area contributed by atoms with Crippen LogP contribution in [-0.2, 0) is 54.0 Å². The van der Waals surface area contributed by atoms with Gasteiger partial charge in [0.25, 0.3) is 5.60 Å². The summed E-state index contributed by atoms with van der Waals surface area (Å²) in [6.45, 7) is 7.75. The number of carbonyl (C=O) groups is 5. The highest BCUT2D eigenvalue weighted by Crippen LogP contribution is 2.46. The summed E-state index contributed by atoms with van der Waals surface area (Å²) >= 11 is 0. The normalized spacial score (nSPS) is 20.7. The molecule has 1 aliphatic rings. The number of esters is 4. The van der Waals surface area contributed by atoms with Gasteiger partial charge in [0, 0.05) is 27.2 Å². The smallest absolute Gasteiger partial charge is 0.350 e. The lowest BCUT2D eigenvalue weighted by atomic mass is 9.88. The fraction of sp³-hybridized carbons (Fsp3) is 0.500. The first-order valence-corrected chi connectivity index (χ1v) is 15.4. The average Bonchev–Trinajstić information content (AvgIpc) is 3.58. The van der Waals surface area contributed by atoms with Gasteiger partial charge < -0.3 is 34.2 Å². The van der Waals surface area contributed by atoms with Crippen molar-refractivity contribution >= 4 is 46.6 Å². The highest BCUT2D eigenvalue weighted by atomic mass is 16.7. The SMILES string of the molecule is CCOC(=O)C(Cc1ccccc1)(OC[C@H]1O[C@@H](n2cnc3c(N)nc(C(C)=O)nc32)[C@H](OC(C)=O)[C@]1(CC)OC(C)=O)C(=O)OCC. The zero-order chi connectivity index (χ0) is 35.2. The number of fused-ring (bicyclic) bond motifs is 1. The van der Waals surface area contributed by atoms with Gasteiger partial charge >= 0.3 is 23.9 Å². The van der Waals surface area contributed by atoms with Gasteiger partial charge in [-0.15, -0.1) is 0 Å². The number of hydrogen-bond acceptors (Lipinski definition) is 15. The van der Waals surface area contributed by atoms with Crippen molar-refractivity contribution in [3.63, 3.8) is 0 Å². The fourth-order valence-electron chi connectivity index (χ4n) is 5.68. The molecule has 48 heavy (non-hydrogen) atoms. The average molecular weight is 670 g/mol. The van der Waals surface area contributed by atoms with Crippen LogP contribution < -0.4 is 5.73 Å². The second kappa shape index (κ2) is 14.9. The zero-order valence-corrected chi connectivity index (χ0v) is 27.6. The van der Waals surface area contributed by atoms with Gasteiger partial charge in [0.15, 0.2) is 41.0 Å². The molecule has 2 N–H and O–H groups in total. The summed E-state index contributed by atoms with van der Waals surface area (Å²) in [6.07, 6.45) is -2.85. The number of nitrogens with two attached hydrogens (primary N) is 1. The Morgan fingerprint density at radius 1 is 0.958 bits per heavy atom. The van der Waals surface area contributed by atoms with Crippen molar-refractivity contribution in [3.8, 4) is 0 Å². The van der Waals surface area contributed by atoms with Crippen molar-refractivity contribution in [2.75, 3.05) is 25.6 Å². The number of ether oxygens (including phenoxy) is 6. The maximum Gasteiger partial charge on any atom is 0.350 e. The standard InChI is InChI=1S/C32H39N5O11/c1-7-31(48-20(6)40)22(16-45-32(29(41)43-8-2,30(42)44-9-3)15-21-13-11-10-12-14-21)47-28(24(31)46-19(5)39)37-17-34-23-25(33)35-26(18(4)38)36-27(23)37/h10-14,17,22,24,28H,7-9,15-16H2,1-6H3,(H2,33,35,36)/t22-,24+,28-,31-/m1/s1. The van der Waals surface area contributed by atoms with Gasteiger partial charge in [-0.1, -0.05) is 37.3 Å². The van der Waals surface area contributed by atoms with E-state index < -0.39 is 65.9 Å². The second-order valence-corrected chi connectivity index (χ2v) is 11.0. The molecule has 16 nitrogen and oxygen atoms in total. The highest BCUT2D eigenvalue weighted by Gasteiger charge is 2.63. The van der Waals surface area contributed by atoms with Crippen LogP contribution in [0.1, 0.15) is 70.4 Å².